The number of hydrogen-bond acceptors (Lipinski definition) is 3. The Labute approximate surface area is 188 Å². The normalized spacial score (nSPS) is 13.4. The summed E-state index contributed by atoms with van der Waals surface area (Å²) in [5.41, 5.74) is 1.74. The number of guanidine groups is 1. The van der Waals surface area contributed by atoms with Crippen molar-refractivity contribution in [1.82, 2.24) is 15.4 Å². The second-order valence-corrected chi connectivity index (χ2v) is 9.50. The van der Waals surface area contributed by atoms with Gasteiger partial charge in [-0.2, -0.15) is 0 Å². The third kappa shape index (κ3) is 11.2. The first-order valence-electron chi connectivity index (χ1n) is 9.67. The van der Waals surface area contributed by atoms with E-state index in [0.29, 0.717) is 18.5 Å². The number of aliphatic imine (C=N–C) groups is 1. The van der Waals surface area contributed by atoms with Crippen LogP contribution in [0.4, 0.5) is 0 Å². The van der Waals surface area contributed by atoms with E-state index in [1.165, 1.54) is 0 Å². The van der Waals surface area contributed by atoms with Crippen LogP contribution in [0, 0.1) is 5.92 Å². The van der Waals surface area contributed by atoms with E-state index in [4.69, 9.17) is 0 Å². The van der Waals surface area contributed by atoms with Gasteiger partial charge in [-0.05, 0) is 50.7 Å². The van der Waals surface area contributed by atoms with Gasteiger partial charge in [-0.3, -0.25) is 4.99 Å². The van der Waals surface area contributed by atoms with Crippen molar-refractivity contribution in [3.05, 3.63) is 35.4 Å². The van der Waals surface area contributed by atoms with Crippen molar-refractivity contribution in [1.29, 1.82) is 0 Å². The van der Waals surface area contributed by atoms with E-state index in [1.807, 2.05) is 38.1 Å². The summed E-state index contributed by atoms with van der Waals surface area (Å²) in [6.07, 6.45) is 2.24. The molecule has 0 spiro atoms. The second kappa shape index (κ2) is 13.4. The summed E-state index contributed by atoms with van der Waals surface area (Å²) < 4.78 is 27.2. The van der Waals surface area contributed by atoms with E-state index >= 15 is 0 Å². The Hall–Kier alpha value is -0.870. The maximum atomic E-state index is 12.3. The molecule has 0 fully saturated rings. The lowest BCUT2D eigenvalue weighted by Crippen LogP contribution is -2.42. The van der Waals surface area contributed by atoms with Crippen LogP contribution in [0.15, 0.2) is 29.3 Å². The Balaban J connectivity index is 0.00000729. The molecule has 0 aromatic heterocycles. The summed E-state index contributed by atoms with van der Waals surface area (Å²) in [7, 11) is -1.62. The largest absolute Gasteiger partial charge is 0.354 e. The topological polar surface area (TPSA) is 82.6 Å². The van der Waals surface area contributed by atoms with Crippen LogP contribution in [-0.4, -0.2) is 33.5 Å². The number of halogens is 1. The maximum Gasteiger partial charge on any atom is 0.216 e. The van der Waals surface area contributed by atoms with Gasteiger partial charge in [-0.1, -0.05) is 38.1 Å². The van der Waals surface area contributed by atoms with E-state index in [1.54, 1.807) is 7.05 Å². The van der Waals surface area contributed by atoms with Gasteiger partial charge < -0.3 is 10.6 Å². The van der Waals surface area contributed by atoms with Crippen molar-refractivity contribution in [2.75, 3.05) is 7.05 Å². The molecule has 1 unspecified atom stereocenters. The zero-order valence-corrected chi connectivity index (χ0v) is 21.1. The van der Waals surface area contributed by atoms with Gasteiger partial charge in [0.1, 0.15) is 0 Å². The van der Waals surface area contributed by atoms with Gasteiger partial charge in [0.05, 0.1) is 5.75 Å². The first-order valence-corrected chi connectivity index (χ1v) is 11.3. The first-order chi connectivity index (χ1) is 12.6. The minimum absolute atomic E-state index is 0. The lowest BCUT2D eigenvalue weighted by Gasteiger charge is -2.19. The van der Waals surface area contributed by atoms with Gasteiger partial charge in [0.15, 0.2) is 5.96 Å². The highest BCUT2D eigenvalue weighted by atomic mass is 127. The van der Waals surface area contributed by atoms with Crippen LogP contribution >= 0.6 is 24.0 Å². The van der Waals surface area contributed by atoms with Crippen LogP contribution in [0.25, 0.3) is 0 Å². The van der Waals surface area contributed by atoms with Crippen molar-refractivity contribution in [2.45, 2.75) is 71.8 Å². The highest BCUT2D eigenvalue weighted by Crippen LogP contribution is 2.12. The molecule has 0 aliphatic rings. The highest BCUT2D eigenvalue weighted by Gasteiger charge is 2.15. The van der Waals surface area contributed by atoms with Gasteiger partial charge in [-0.15, -0.1) is 24.0 Å². The Kier molecular flexibility index (Phi) is 13.0. The van der Waals surface area contributed by atoms with Crippen LogP contribution in [0.2, 0.25) is 0 Å². The molecule has 162 valence electrons. The third-order valence-corrected chi connectivity index (χ3v) is 5.63. The van der Waals surface area contributed by atoms with Gasteiger partial charge in [0.25, 0.3) is 0 Å². The highest BCUT2D eigenvalue weighted by molar-refractivity contribution is 14.0. The van der Waals surface area contributed by atoms with Crippen molar-refractivity contribution in [3.8, 4) is 0 Å². The average Bonchev–Trinajstić information content (AvgIpc) is 2.56. The van der Waals surface area contributed by atoms with E-state index in [-0.39, 0.29) is 35.8 Å². The van der Waals surface area contributed by atoms with Gasteiger partial charge in [0, 0.05) is 25.7 Å². The molecule has 0 radical (unpaired) electrons. The Morgan fingerprint density at radius 2 is 1.64 bits per heavy atom. The van der Waals surface area contributed by atoms with Crippen molar-refractivity contribution >= 4 is 40.0 Å². The summed E-state index contributed by atoms with van der Waals surface area (Å²) >= 11 is 0. The van der Waals surface area contributed by atoms with Crippen LogP contribution in [-0.2, 0) is 22.3 Å². The van der Waals surface area contributed by atoms with Crippen LogP contribution in [0.3, 0.4) is 0 Å². The molecule has 3 N–H and O–H groups in total. The van der Waals surface area contributed by atoms with Crippen molar-refractivity contribution in [2.24, 2.45) is 10.9 Å². The van der Waals surface area contributed by atoms with E-state index in [0.717, 1.165) is 29.9 Å². The molecule has 6 nitrogen and oxygen atoms in total. The molecule has 1 atom stereocenters. The summed E-state index contributed by atoms with van der Waals surface area (Å²) in [5, 5.41) is 6.69. The molecule has 1 aromatic rings. The Bertz CT molecular complexity index is 706. The summed E-state index contributed by atoms with van der Waals surface area (Å²) in [6.45, 7) is 10.7. The molecular formula is C20H37IN4O2S. The fourth-order valence-corrected chi connectivity index (χ4v) is 4.23. The van der Waals surface area contributed by atoms with Gasteiger partial charge >= 0.3 is 0 Å². The van der Waals surface area contributed by atoms with E-state index in [2.05, 4.69) is 41.1 Å². The SMILES string of the molecule is CN=C(NCc1ccccc1CS(=O)(=O)NC(C)C)NC(C)CCC(C)C.I. The number of hydrogen-bond donors (Lipinski definition) is 3. The standard InChI is InChI=1S/C20H36N4O2S.HI/c1-15(2)11-12-17(5)23-20(21-6)22-13-18-9-7-8-10-19(18)14-27(25,26)24-16(3)4;/h7-10,15-17,24H,11-14H2,1-6H3,(H2,21,22,23);1H. The minimum Gasteiger partial charge on any atom is -0.354 e. The molecule has 1 aromatic carbocycles. The molecule has 0 saturated heterocycles. The average molecular weight is 525 g/mol. The monoisotopic (exact) mass is 524 g/mol. The Morgan fingerprint density at radius 3 is 2.18 bits per heavy atom. The lowest BCUT2D eigenvalue weighted by molar-refractivity contribution is 0.489. The Morgan fingerprint density at radius 1 is 1.04 bits per heavy atom. The zero-order chi connectivity index (χ0) is 20.4. The molecule has 0 aliphatic heterocycles. The number of nitrogens with one attached hydrogen (secondary N) is 3. The molecule has 0 saturated carbocycles. The maximum absolute atomic E-state index is 12.3. The minimum atomic E-state index is -3.36. The molecule has 0 bridgehead atoms. The fraction of sp³-hybridized carbons (Fsp3) is 0.650. The number of benzene rings is 1. The molecule has 0 heterocycles. The van der Waals surface area contributed by atoms with Crippen LogP contribution in [0.1, 0.15) is 58.6 Å². The molecular weight excluding hydrogens is 487 g/mol. The fourth-order valence-electron chi connectivity index (χ4n) is 2.74. The quantitative estimate of drug-likeness (QED) is 0.248. The third-order valence-electron chi connectivity index (χ3n) is 4.11. The summed E-state index contributed by atoms with van der Waals surface area (Å²) in [4.78, 5) is 4.28. The number of nitrogens with zero attached hydrogens (tertiary/aromatic N) is 1. The summed E-state index contributed by atoms with van der Waals surface area (Å²) in [6, 6.07) is 7.80. The smallest absolute Gasteiger partial charge is 0.216 e. The second-order valence-electron chi connectivity index (χ2n) is 7.74. The molecule has 8 heteroatoms. The molecule has 1 rings (SSSR count). The van der Waals surface area contributed by atoms with Crippen LogP contribution in [0.5, 0.6) is 0 Å². The predicted molar refractivity (Wildman–Crippen MR) is 130 cm³/mol. The summed E-state index contributed by atoms with van der Waals surface area (Å²) in [5.74, 6) is 1.38. The first kappa shape index (κ1) is 27.1. The van der Waals surface area contributed by atoms with E-state index in [9.17, 15) is 8.42 Å². The molecule has 0 amide bonds. The molecule has 0 aliphatic carbocycles. The van der Waals surface area contributed by atoms with Crippen molar-refractivity contribution in [3.63, 3.8) is 0 Å². The van der Waals surface area contributed by atoms with Gasteiger partial charge in [0.2, 0.25) is 10.0 Å². The predicted octanol–water partition coefficient (Wildman–Crippen LogP) is 3.62. The number of rotatable bonds is 10. The zero-order valence-electron chi connectivity index (χ0n) is 18.0. The van der Waals surface area contributed by atoms with Crippen molar-refractivity contribution < 1.29 is 8.42 Å². The number of sulfonamides is 1. The molecule has 28 heavy (non-hydrogen) atoms. The van der Waals surface area contributed by atoms with Crippen LogP contribution < -0.4 is 15.4 Å². The lowest BCUT2D eigenvalue weighted by atomic mass is 10.0. The van der Waals surface area contributed by atoms with E-state index < -0.39 is 10.0 Å². The van der Waals surface area contributed by atoms with Gasteiger partial charge in [-0.25, -0.2) is 13.1 Å².